The summed E-state index contributed by atoms with van der Waals surface area (Å²) in [6, 6.07) is -0.706. The van der Waals surface area contributed by atoms with E-state index in [1.54, 1.807) is 13.3 Å². The van der Waals surface area contributed by atoms with Crippen LogP contribution in [0.4, 0.5) is 0 Å². The predicted molar refractivity (Wildman–Crippen MR) is 74.7 cm³/mol. The monoisotopic (exact) mass is 301 g/mol. The van der Waals surface area contributed by atoms with Gasteiger partial charge in [-0.3, -0.25) is 4.79 Å². The number of aromatic nitrogens is 2. The van der Waals surface area contributed by atoms with Crippen LogP contribution in [0.1, 0.15) is 5.69 Å². The van der Waals surface area contributed by atoms with Gasteiger partial charge in [0.25, 0.3) is 0 Å². The van der Waals surface area contributed by atoms with E-state index in [2.05, 4.69) is 9.97 Å². The molecular weight excluding hydrogens is 278 g/mol. The van der Waals surface area contributed by atoms with E-state index in [0.717, 1.165) is 5.69 Å². The number of nitrogens with zero attached hydrogens (tertiary/aromatic N) is 1. The van der Waals surface area contributed by atoms with Crippen molar-refractivity contribution in [3.63, 3.8) is 0 Å². The number of hydrogen-bond acceptors (Lipinski definition) is 7. The molecule has 0 aliphatic rings. The first-order valence-electron chi connectivity index (χ1n) is 6.78. The van der Waals surface area contributed by atoms with Crippen LogP contribution < -0.4 is 5.73 Å². The van der Waals surface area contributed by atoms with Crippen LogP contribution in [0, 0.1) is 0 Å². The first kappa shape index (κ1) is 17.6. The summed E-state index contributed by atoms with van der Waals surface area (Å²) in [5.74, 6) is -0.454. The van der Waals surface area contributed by atoms with Crippen molar-refractivity contribution >= 4 is 5.97 Å². The molecule has 1 heterocycles. The highest BCUT2D eigenvalue weighted by Crippen LogP contribution is 1.98. The zero-order valence-electron chi connectivity index (χ0n) is 12.2. The molecule has 0 amide bonds. The summed E-state index contributed by atoms with van der Waals surface area (Å²) >= 11 is 0. The van der Waals surface area contributed by atoms with Crippen LogP contribution in [0.3, 0.4) is 0 Å². The molecule has 21 heavy (non-hydrogen) atoms. The van der Waals surface area contributed by atoms with Crippen LogP contribution >= 0.6 is 0 Å². The van der Waals surface area contributed by atoms with Crippen molar-refractivity contribution in [1.82, 2.24) is 9.97 Å². The Morgan fingerprint density at radius 2 is 1.90 bits per heavy atom. The highest BCUT2D eigenvalue weighted by molar-refractivity contribution is 5.75. The SMILES string of the molecule is COCCOCCOCCOC(=O)[C@@H](N)Cc1cnc[nH]1. The molecule has 0 radical (unpaired) electrons. The molecule has 1 rings (SSSR count). The van der Waals surface area contributed by atoms with E-state index in [1.165, 1.54) is 6.33 Å². The highest BCUT2D eigenvalue weighted by Gasteiger charge is 2.16. The van der Waals surface area contributed by atoms with Crippen molar-refractivity contribution in [3.8, 4) is 0 Å². The van der Waals surface area contributed by atoms with Crippen molar-refractivity contribution in [1.29, 1.82) is 0 Å². The van der Waals surface area contributed by atoms with Gasteiger partial charge in [0.15, 0.2) is 0 Å². The van der Waals surface area contributed by atoms with Gasteiger partial charge in [0.05, 0.1) is 39.4 Å². The summed E-state index contributed by atoms with van der Waals surface area (Å²) in [6.45, 7) is 2.52. The van der Waals surface area contributed by atoms with E-state index in [4.69, 9.17) is 24.7 Å². The first-order chi connectivity index (χ1) is 10.2. The number of esters is 1. The number of H-pyrrole nitrogens is 1. The second kappa shape index (κ2) is 11.2. The third-order valence-corrected chi connectivity index (χ3v) is 2.57. The van der Waals surface area contributed by atoms with Gasteiger partial charge in [0.1, 0.15) is 12.6 Å². The molecule has 0 spiro atoms. The Kier molecular flexibility index (Phi) is 9.38. The molecular formula is C13H23N3O5. The summed E-state index contributed by atoms with van der Waals surface area (Å²) in [7, 11) is 1.62. The van der Waals surface area contributed by atoms with E-state index in [9.17, 15) is 4.79 Å². The van der Waals surface area contributed by atoms with Crippen LogP contribution in [-0.4, -0.2) is 68.7 Å². The number of carbonyl (C=O) groups is 1. The maximum Gasteiger partial charge on any atom is 0.323 e. The second-order valence-electron chi connectivity index (χ2n) is 4.27. The minimum Gasteiger partial charge on any atom is -0.462 e. The second-order valence-corrected chi connectivity index (χ2v) is 4.27. The predicted octanol–water partition coefficient (Wildman–Crippen LogP) is -0.498. The normalized spacial score (nSPS) is 12.3. The fourth-order valence-electron chi connectivity index (χ4n) is 1.49. The largest absolute Gasteiger partial charge is 0.462 e. The summed E-state index contributed by atoms with van der Waals surface area (Å²) in [5, 5.41) is 0. The molecule has 0 fully saturated rings. The Morgan fingerprint density at radius 3 is 2.52 bits per heavy atom. The maximum atomic E-state index is 11.6. The van der Waals surface area contributed by atoms with Gasteiger partial charge in [-0.2, -0.15) is 0 Å². The van der Waals surface area contributed by atoms with E-state index in [-0.39, 0.29) is 6.61 Å². The summed E-state index contributed by atoms with van der Waals surface area (Å²) < 4.78 is 20.3. The molecule has 120 valence electrons. The standard InChI is InChI=1S/C13H23N3O5/c1-18-2-3-19-4-5-20-6-7-21-13(17)12(14)8-11-9-15-10-16-11/h9-10,12H,2-8,14H2,1H3,(H,15,16)/t12-/m0/s1. The molecule has 0 aliphatic heterocycles. The Morgan fingerprint density at radius 1 is 1.24 bits per heavy atom. The number of methoxy groups -OCH3 is 1. The molecule has 1 aromatic heterocycles. The number of imidazole rings is 1. The van der Waals surface area contributed by atoms with Gasteiger partial charge in [0, 0.05) is 25.4 Å². The zero-order chi connectivity index (χ0) is 15.3. The molecule has 0 aliphatic carbocycles. The minimum absolute atomic E-state index is 0.174. The number of nitrogens with two attached hydrogens (primary N) is 1. The van der Waals surface area contributed by atoms with E-state index >= 15 is 0 Å². The van der Waals surface area contributed by atoms with Crippen molar-refractivity contribution in [3.05, 3.63) is 18.2 Å². The van der Waals surface area contributed by atoms with Gasteiger partial charge < -0.3 is 29.7 Å². The lowest BCUT2D eigenvalue weighted by Gasteiger charge is -2.11. The average Bonchev–Trinajstić information content (AvgIpc) is 2.98. The zero-order valence-corrected chi connectivity index (χ0v) is 12.2. The minimum atomic E-state index is -0.706. The van der Waals surface area contributed by atoms with Gasteiger partial charge in [-0.05, 0) is 0 Å². The number of aromatic amines is 1. The van der Waals surface area contributed by atoms with Gasteiger partial charge in [-0.25, -0.2) is 4.98 Å². The Balaban J connectivity index is 1.95. The fraction of sp³-hybridized carbons (Fsp3) is 0.692. The molecule has 0 aromatic carbocycles. The number of rotatable bonds is 12. The Hall–Kier alpha value is -1.48. The molecule has 1 aromatic rings. The number of ether oxygens (including phenoxy) is 4. The molecule has 3 N–H and O–H groups in total. The smallest absolute Gasteiger partial charge is 0.323 e. The first-order valence-corrected chi connectivity index (χ1v) is 6.78. The summed E-state index contributed by atoms with van der Waals surface area (Å²) in [5.41, 5.74) is 6.52. The fourth-order valence-corrected chi connectivity index (χ4v) is 1.49. The lowest BCUT2D eigenvalue weighted by molar-refractivity contribution is -0.146. The van der Waals surface area contributed by atoms with Crippen LogP contribution in [0.15, 0.2) is 12.5 Å². The molecule has 0 saturated carbocycles. The molecule has 0 saturated heterocycles. The van der Waals surface area contributed by atoms with E-state index < -0.39 is 12.0 Å². The number of carbonyl (C=O) groups excluding carboxylic acids is 1. The summed E-state index contributed by atoms with van der Waals surface area (Å²) in [4.78, 5) is 18.3. The van der Waals surface area contributed by atoms with Crippen LogP contribution in [0.2, 0.25) is 0 Å². The van der Waals surface area contributed by atoms with Crippen molar-refractivity contribution < 1.29 is 23.7 Å². The molecule has 0 bridgehead atoms. The highest BCUT2D eigenvalue weighted by atomic mass is 16.6. The Bertz CT molecular complexity index is 372. The quantitative estimate of drug-likeness (QED) is 0.396. The van der Waals surface area contributed by atoms with Crippen molar-refractivity contribution in [2.24, 2.45) is 5.73 Å². The lowest BCUT2D eigenvalue weighted by Crippen LogP contribution is -2.35. The Labute approximate surface area is 123 Å². The van der Waals surface area contributed by atoms with E-state index in [0.29, 0.717) is 39.5 Å². The van der Waals surface area contributed by atoms with Crippen LogP contribution in [0.25, 0.3) is 0 Å². The molecule has 1 atom stereocenters. The third-order valence-electron chi connectivity index (χ3n) is 2.57. The molecule has 0 unspecified atom stereocenters. The number of nitrogens with one attached hydrogen (secondary N) is 1. The lowest BCUT2D eigenvalue weighted by atomic mass is 10.2. The van der Waals surface area contributed by atoms with Crippen LogP contribution in [-0.2, 0) is 30.2 Å². The van der Waals surface area contributed by atoms with Gasteiger partial charge >= 0.3 is 5.97 Å². The maximum absolute atomic E-state index is 11.6. The van der Waals surface area contributed by atoms with Gasteiger partial charge in [0.2, 0.25) is 0 Å². The third kappa shape index (κ3) is 8.41. The van der Waals surface area contributed by atoms with E-state index in [1.807, 2.05) is 0 Å². The van der Waals surface area contributed by atoms with Crippen molar-refractivity contribution in [2.75, 3.05) is 46.8 Å². The average molecular weight is 301 g/mol. The summed E-state index contributed by atoms with van der Waals surface area (Å²) in [6.07, 6.45) is 3.53. The van der Waals surface area contributed by atoms with Gasteiger partial charge in [-0.15, -0.1) is 0 Å². The topological polar surface area (TPSA) is 109 Å². The van der Waals surface area contributed by atoms with Gasteiger partial charge in [-0.1, -0.05) is 0 Å². The van der Waals surface area contributed by atoms with Crippen molar-refractivity contribution in [2.45, 2.75) is 12.5 Å². The molecule has 8 heteroatoms. The van der Waals surface area contributed by atoms with Crippen LogP contribution in [0.5, 0.6) is 0 Å². The molecule has 8 nitrogen and oxygen atoms in total. The number of hydrogen-bond donors (Lipinski definition) is 2.